The molecule has 1 heterocycles. The Morgan fingerprint density at radius 3 is 2.67 bits per heavy atom. The molecule has 1 aliphatic carbocycles. The maximum Gasteiger partial charge on any atom is 0.178 e. The van der Waals surface area contributed by atoms with Crippen LogP contribution in [0.2, 0.25) is 0 Å². The molecule has 0 saturated heterocycles. The van der Waals surface area contributed by atoms with Gasteiger partial charge in [0, 0.05) is 12.1 Å². The van der Waals surface area contributed by atoms with Crippen LogP contribution in [-0.2, 0) is 9.84 Å². The van der Waals surface area contributed by atoms with E-state index in [2.05, 4.69) is 12.2 Å². The number of hydrogen-bond donors (Lipinski definition) is 1. The molecule has 0 radical (unpaired) electrons. The van der Waals surface area contributed by atoms with Crippen molar-refractivity contribution < 1.29 is 12.8 Å². The largest absolute Gasteiger partial charge is 0.307 e. The predicted octanol–water partition coefficient (Wildman–Crippen LogP) is 3.21. The summed E-state index contributed by atoms with van der Waals surface area (Å²) in [6, 6.07) is 4.31. The first-order valence-corrected chi connectivity index (χ1v) is 9.41. The second-order valence-corrected chi connectivity index (χ2v) is 8.42. The lowest BCUT2D eigenvalue weighted by molar-refractivity contribution is 0.334. The molecule has 1 fully saturated rings. The van der Waals surface area contributed by atoms with Gasteiger partial charge in [0.1, 0.15) is 5.82 Å². The van der Waals surface area contributed by atoms with E-state index in [0.717, 1.165) is 0 Å². The summed E-state index contributed by atoms with van der Waals surface area (Å²) >= 11 is 0. The Bertz CT molecular complexity index is 623. The highest BCUT2D eigenvalue weighted by atomic mass is 32.2. The number of benzene rings is 1. The number of halogens is 1. The molecule has 0 aromatic heterocycles. The third kappa shape index (κ3) is 2.99. The van der Waals surface area contributed by atoms with Crippen molar-refractivity contribution in [2.45, 2.75) is 56.0 Å². The van der Waals surface area contributed by atoms with Crippen LogP contribution in [0.25, 0.3) is 0 Å². The molecule has 1 aromatic carbocycles. The topological polar surface area (TPSA) is 46.2 Å². The molecule has 2 aliphatic rings. The van der Waals surface area contributed by atoms with Crippen LogP contribution >= 0.6 is 0 Å². The van der Waals surface area contributed by atoms with E-state index < -0.39 is 9.84 Å². The van der Waals surface area contributed by atoms with E-state index in [1.165, 1.54) is 43.9 Å². The minimum absolute atomic E-state index is 0.0603. The second kappa shape index (κ2) is 5.69. The molecule has 2 atom stereocenters. The Kier molecular flexibility index (Phi) is 4.06. The van der Waals surface area contributed by atoms with Gasteiger partial charge in [0.25, 0.3) is 0 Å². The van der Waals surface area contributed by atoms with Gasteiger partial charge in [-0.25, -0.2) is 12.8 Å². The summed E-state index contributed by atoms with van der Waals surface area (Å²) in [5.74, 6) is 0.424. The lowest BCUT2D eigenvalue weighted by atomic mass is 9.96. The first kappa shape index (κ1) is 15.0. The predicted molar refractivity (Wildman–Crippen MR) is 80.4 cm³/mol. The summed E-state index contributed by atoms with van der Waals surface area (Å²) in [6.45, 7) is 2.16. The first-order chi connectivity index (χ1) is 9.97. The molecule has 21 heavy (non-hydrogen) atoms. The van der Waals surface area contributed by atoms with E-state index in [1.807, 2.05) is 0 Å². The monoisotopic (exact) mass is 311 g/mol. The fraction of sp³-hybridized carbons (Fsp3) is 0.625. The van der Waals surface area contributed by atoms with Crippen LogP contribution < -0.4 is 5.32 Å². The third-order valence-corrected chi connectivity index (χ3v) is 6.74. The number of hydrogen-bond acceptors (Lipinski definition) is 3. The molecule has 1 N–H and O–H groups in total. The van der Waals surface area contributed by atoms with Gasteiger partial charge < -0.3 is 5.32 Å². The van der Waals surface area contributed by atoms with Gasteiger partial charge in [-0.05, 0) is 55.9 Å². The maximum absolute atomic E-state index is 13.5. The van der Waals surface area contributed by atoms with E-state index in [1.54, 1.807) is 0 Å². The Morgan fingerprint density at radius 1 is 1.24 bits per heavy atom. The molecule has 3 nitrogen and oxygen atoms in total. The van der Waals surface area contributed by atoms with Gasteiger partial charge in [-0.3, -0.25) is 0 Å². The van der Waals surface area contributed by atoms with E-state index in [-0.39, 0.29) is 17.6 Å². The third-order valence-electron chi connectivity index (χ3n) is 4.93. The Morgan fingerprint density at radius 2 is 1.95 bits per heavy atom. The van der Waals surface area contributed by atoms with Crippen molar-refractivity contribution in [3.05, 3.63) is 29.6 Å². The molecule has 0 spiro atoms. The first-order valence-electron chi connectivity index (χ1n) is 7.75. The van der Waals surface area contributed by atoms with Gasteiger partial charge in [-0.15, -0.1) is 0 Å². The average Bonchev–Trinajstić information content (AvgIpc) is 2.96. The zero-order valence-corrected chi connectivity index (χ0v) is 13.1. The van der Waals surface area contributed by atoms with Crippen molar-refractivity contribution in [3.8, 4) is 0 Å². The summed E-state index contributed by atoms with van der Waals surface area (Å²) in [5.41, 5.74) is 0.603. The Balaban J connectivity index is 1.85. The standard InChI is InChI=1S/C16H22FNO2S/c1-11(12-4-2-3-5-12)18-15-8-9-21(19,20)16-7-6-13(17)10-14(15)16/h6-7,10-12,15,18H,2-5,8-9H2,1H3/t11-,15?/m1/s1. The molecule has 1 unspecified atom stereocenters. The number of rotatable bonds is 3. The summed E-state index contributed by atoms with van der Waals surface area (Å²) in [7, 11) is -3.25. The number of sulfone groups is 1. The molecule has 5 heteroatoms. The van der Waals surface area contributed by atoms with Gasteiger partial charge in [-0.1, -0.05) is 12.8 Å². The van der Waals surface area contributed by atoms with Crippen LogP contribution in [-0.4, -0.2) is 20.2 Å². The number of nitrogens with one attached hydrogen (secondary N) is 1. The van der Waals surface area contributed by atoms with E-state index in [0.29, 0.717) is 28.8 Å². The molecular weight excluding hydrogens is 289 g/mol. The van der Waals surface area contributed by atoms with Crippen molar-refractivity contribution in [1.29, 1.82) is 0 Å². The van der Waals surface area contributed by atoms with Crippen molar-refractivity contribution in [1.82, 2.24) is 5.32 Å². The van der Waals surface area contributed by atoms with Crippen molar-refractivity contribution >= 4 is 9.84 Å². The normalized spacial score (nSPS) is 26.5. The van der Waals surface area contributed by atoms with Crippen LogP contribution in [0.5, 0.6) is 0 Å². The molecule has 1 aliphatic heterocycles. The highest BCUT2D eigenvalue weighted by molar-refractivity contribution is 7.91. The zero-order chi connectivity index (χ0) is 15.0. The zero-order valence-electron chi connectivity index (χ0n) is 12.3. The summed E-state index contributed by atoms with van der Waals surface area (Å²) in [6.07, 6.45) is 5.54. The Labute approximate surface area is 125 Å². The highest BCUT2D eigenvalue weighted by Crippen LogP contribution is 2.35. The molecule has 3 rings (SSSR count). The quantitative estimate of drug-likeness (QED) is 0.872. The van der Waals surface area contributed by atoms with Crippen LogP contribution in [0.15, 0.2) is 23.1 Å². The molecule has 0 bridgehead atoms. The molecular formula is C16H22FNO2S. The minimum atomic E-state index is -3.25. The van der Waals surface area contributed by atoms with Crippen molar-refractivity contribution in [2.24, 2.45) is 5.92 Å². The van der Waals surface area contributed by atoms with E-state index in [9.17, 15) is 12.8 Å². The fourth-order valence-corrected chi connectivity index (χ4v) is 5.30. The number of fused-ring (bicyclic) bond motifs is 1. The van der Waals surface area contributed by atoms with Crippen LogP contribution in [0.3, 0.4) is 0 Å². The van der Waals surface area contributed by atoms with Crippen LogP contribution in [0.1, 0.15) is 50.6 Å². The molecule has 0 amide bonds. The minimum Gasteiger partial charge on any atom is -0.307 e. The average molecular weight is 311 g/mol. The van der Waals surface area contributed by atoms with Gasteiger partial charge in [0.15, 0.2) is 9.84 Å². The second-order valence-electron chi connectivity index (χ2n) is 6.34. The summed E-state index contributed by atoms with van der Waals surface area (Å²) in [4.78, 5) is 0.297. The van der Waals surface area contributed by atoms with E-state index in [4.69, 9.17) is 0 Å². The SMILES string of the molecule is C[C@@H](NC1CCS(=O)(=O)c2ccc(F)cc21)C1CCCC1. The summed E-state index contributed by atoms with van der Waals surface area (Å²) in [5, 5.41) is 3.55. The lowest BCUT2D eigenvalue weighted by Gasteiger charge is -2.31. The Hall–Kier alpha value is -0.940. The van der Waals surface area contributed by atoms with E-state index >= 15 is 0 Å². The highest BCUT2D eigenvalue weighted by Gasteiger charge is 2.32. The van der Waals surface area contributed by atoms with Crippen molar-refractivity contribution in [3.63, 3.8) is 0 Å². The van der Waals surface area contributed by atoms with Gasteiger partial charge in [-0.2, -0.15) is 0 Å². The van der Waals surface area contributed by atoms with Gasteiger partial charge in [0.2, 0.25) is 0 Å². The van der Waals surface area contributed by atoms with Crippen molar-refractivity contribution in [2.75, 3.05) is 5.75 Å². The maximum atomic E-state index is 13.5. The van der Waals surface area contributed by atoms with Crippen LogP contribution in [0, 0.1) is 11.7 Å². The van der Waals surface area contributed by atoms with Crippen LogP contribution in [0.4, 0.5) is 4.39 Å². The lowest BCUT2D eigenvalue weighted by Crippen LogP contribution is -2.38. The van der Waals surface area contributed by atoms with Gasteiger partial charge in [0.05, 0.1) is 10.6 Å². The smallest absolute Gasteiger partial charge is 0.178 e. The molecule has 1 saturated carbocycles. The fourth-order valence-electron chi connectivity index (χ4n) is 3.70. The van der Waals surface area contributed by atoms with Gasteiger partial charge >= 0.3 is 0 Å². The molecule has 1 aromatic rings. The molecule has 116 valence electrons. The summed E-state index contributed by atoms with van der Waals surface area (Å²) < 4.78 is 37.8.